The zero-order valence-corrected chi connectivity index (χ0v) is 14.2. The fourth-order valence-electron chi connectivity index (χ4n) is 2.89. The van der Waals surface area contributed by atoms with Crippen LogP contribution in [-0.2, 0) is 6.54 Å². The lowest BCUT2D eigenvalue weighted by Gasteiger charge is -2.40. The predicted molar refractivity (Wildman–Crippen MR) is 87.3 cm³/mol. The second-order valence-electron chi connectivity index (χ2n) is 5.46. The maximum Gasteiger partial charge on any atom is 0.123 e. The van der Waals surface area contributed by atoms with Gasteiger partial charge >= 0.3 is 0 Å². The lowest BCUT2D eigenvalue weighted by molar-refractivity contribution is 0.116. The molecule has 0 spiro atoms. The van der Waals surface area contributed by atoms with Gasteiger partial charge in [-0.1, -0.05) is 29.8 Å². The molecule has 1 heterocycles. The number of ether oxygens (including phenoxy) is 1. The van der Waals surface area contributed by atoms with Crippen LogP contribution >= 0.6 is 15.9 Å². The summed E-state index contributed by atoms with van der Waals surface area (Å²) in [5.74, 6) is 0.981. The minimum absolute atomic E-state index is 0.607. The Morgan fingerprint density at radius 1 is 1.35 bits per heavy atom. The van der Waals surface area contributed by atoms with Gasteiger partial charge in [-0.15, -0.1) is 0 Å². The van der Waals surface area contributed by atoms with Crippen molar-refractivity contribution in [3.05, 3.63) is 28.2 Å². The Morgan fingerprint density at radius 3 is 2.80 bits per heavy atom. The van der Waals surface area contributed by atoms with Crippen LogP contribution in [0.15, 0.2) is 22.7 Å². The van der Waals surface area contributed by atoms with Gasteiger partial charge in [-0.3, -0.25) is 4.90 Å². The minimum atomic E-state index is 0.607. The van der Waals surface area contributed by atoms with Crippen LogP contribution < -0.4 is 10.1 Å². The average Bonchev–Trinajstić information content (AvgIpc) is 2.47. The normalized spacial score (nSPS) is 23.8. The van der Waals surface area contributed by atoms with Crippen molar-refractivity contribution >= 4 is 15.9 Å². The summed E-state index contributed by atoms with van der Waals surface area (Å²) in [5, 5.41) is 3.64. The topological polar surface area (TPSA) is 24.5 Å². The number of methoxy groups -OCH3 is 1. The molecule has 2 rings (SSSR count). The molecule has 1 fully saturated rings. The largest absolute Gasteiger partial charge is 0.496 e. The van der Waals surface area contributed by atoms with Crippen LogP contribution in [-0.4, -0.2) is 37.2 Å². The Balaban J connectivity index is 2.15. The van der Waals surface area contributed by atoms with Crippen molar-refractivity contribution in [2.75, 3.05) is 20.2 Å². The van der Waals surface area contributed by atoms with Gasteiger partial charge in [0, 0.05) is 41.8 Å². The van der Waals surface area contributed by atoms with Crippen LogP contribution in [0, 0.1) is 0 Å². The SMILES string of the molecule is CCC1CN(Cc2cc(Br)ccc2OC)C(CC)CN1. The van der Waals surface area contributed by atoms with E-state index in [1.54, 1.807) is 7.11 Å². The van der Waals surface area contributed by atoms with Gasteiger partial charge in [0.15, 0.2) is 0 Å². The van der Waals surface area contributed by atoms with E-state index in [0.717, 1.165) is 29.9 Å². The third kappa shape index (κ3) is 3.74. The highest BCUT2D eigenvalue weighted by atomic mass is 79.9. The lowest BCUT2D eigenvalue weighted by Crippen LogP contribution is -2.55. The van der Waals surface area contributed by atoms with E-state index in [1.807, 2.05) is 12.1 Å². The predicted octanol–water partition coefficient (Wildman–Crippen LogP) is 3.42. The van der Waals surface area contributed by atoms with E-state index in [1.165, 1.54) is 18.4 Å². The molecular formula is C16H25BrN2O. The fourth-order valence-corrected chi connectivity index (χ4v) is 3.30. The smallest absolute Gasteiger partial charge is 0.123 e. The van der Waals surface area contributed by atoms with Gasteiger partial charge in [-0.25, -0.2) is 0 Å². The van der Waals surface area contributed by atoms with Gasteiger partial charge in [-0.05, 0) is 31.0 Å². The summed E-state index contributed by atoms with van der Waals surface area (Å²) in [6.07, 6.45) is 2.36. The van der Waals surface area contributed by atoms with Crippen molar-refractivity contribution in [2.45, 2.75) is 45.3 Å². The Kier molecular flexibility index (Phi) is 5.87. The van der Waals surface area contributed by atoms with Crippen molar-refractivity contribution in [1.29, 1.82) is 0 Å². The zero-order valence-electron chi connectivity index (χ0n) is 12.7. The second kappa shape index (κ2) is 7.43. The maximum absolute atomic E-state index is 5.50. The van der Waals surface area contributed by atoms with Gasteiger partial charge in [0.2, 0.25) is 0 Å². The molecule has 1 aromatic rings. The molecule has 1 aliphatic rings. The summed E-state index contributed by atoms with van der Waals surface area (Å²) in [4.78, 5) is 2.59. The van der Waals surface area contributed by atoms with E-state index in [-0.39, 0.29) is 0 Å². The second-order valence-corrected chi connectivity index (χ2v) is 6.38. The highest BCUT2D eigenvalue weighted by Gasteiger charge is 2.26. The first-order chi connectivity index (χ1) is 9.67. The fraction of sp³-hybridized carbons (Fsp3) is 0.625. The molecule has 3 nitrogen and oxygen atoms in total. The molecule has 1 aliphatic heterocycles. The van der Waals surface area contributed by atoms with Crippen molar-refractivity contribution in [2.24, 2.45) is 0 Å². The Labute approximate surface area is 130 Å². The zero-order chi connectivity index (χ0) is 14.5. The summed E-state index contributed by atoms with van der Waals surface area (Å²) in [6.45, 7) is 7.68. The molecule has 0 aliphatic carbocycles. The average molecular weight is 341 g/mol. The van der Waals surface area contributed by atoms with E-state index in [2.05, 4.69) is 46.1 Å². The van der Waals surface area contributed by atoms with E-state index in [0.29, 0.717) is 12.1 Å². The highest BCUT2D eigenvalue weighted by Crippen LogP contribution is 2.26. The van der Waals surface area contributed by atoms with Crippen molar-refractivity contribution in [3.8, 4) is 5.75 Å². The van der Waals surface area contributed by atoms with E-state index in [4.69, 9.17) is 4.74 Å². The number of benzene rings is 1. The maximum atomic E-state index is 5.50. The third-order valence-electron chi connectivity index (χ3n) is 4.19. The molecule has 0 amide bonds. The number of rotatable bonds is 5. The quantitative estimate of drug-likeness (QED) is 0.888. The molecule has 20 heavy (non-hydrogen) atoms. The van der Waals surface area contributed by atoms with E-state index < -0.39 is 0 Å². The van der Waals surface area contributed by atoms with Crippen LogP contribution in [0.1, 0.15) is 32.3 Å². The van der Waals surface area contributed by atoms with Crippen molar-refractivity contribution < 1.29 is 4.74 Å². The molecule has 1 aromatic carbocycles. The molecular weight excluding hydrogens is 316 g/mol. The summed E-state index contributed by atoms with van der Waals surface area (Å²) in [6, 6.07) is 7.47. The Bertz CT molecular complexity index is 438. The first-order valence-corrected chi connectivity index (χ1v) is 8.27. The lowest BCUT2D eigenvalue weighted by atomic mass is 10.0. The van der Waals surface area contributed by atoms with Crippen molar-refractivity contribution in [3.63, 3.8) is 0 Å². The molecule has 112 valence electrons. The molecule has 0 saturated carbocycles. The van der Waals surface area contributed by atoms with Crippen LogP contribution in [0.3, 0.4) is 0 Å². The summed E-state index contributed by atoms with van der Waals surface area (Å²) in [5.41, 5.74) is 1.26. The Hall–Kier alpha value is -0.580. The molecule has 2 unspecified atom stereocenters. The van der Waals surface area contributed by atoms with Gasteiger partial charge in [-0.2, -0.15) is 0 Å². The van der Waals surface area contributed by atoms with E-state index in [9.17, 15) is 0 Å². The molecule has 4 heteroatoms. The number of halogens is 1. The van der Waals surface area contributed by atoms with Crippen LogP contribution in [0.4, 0.5) is 0 Å². The highest BCUT2D eigenvalue weighted by molar-refractivity contribution is 9.10. The van der Waals surface area contributed by atoms with E-state index >= 15 is 0 Å². The van der Waals surface area contributed by atoms with Crippen LogP contribution in [0.5, 0.6) is 5.75 Å². The molecule has 0 radical (unpaired) electrons. The molecule has 2 atom stereocenters. The van der Waals surface area contributed by atoms with Crippen LogP contribution in [0.2, 0.25) is 0 Å². The first kappa shape index (κ1) is 15.8. The molecule has 0 aromatic heterocycles. The first-order valence-electron chi connectivity index (χ1n) is 7.47. The molecule has 1 N–H and O–H groups in total. The number of nitrogens with zero attached hydrogens (tertiary/aromatic N) is 1. The summed E-state index contributed by atoms with van der Waals surface area (Å²) < 4.78 is 6.62. The van der Waals surface area contributed by atoms with Crippen molar-refractivity contribution in [1.82, 2.24) is 10.2 Å². The van der Waals surface area contributed by atoms with Gasteiger partial charge < -0.3 is 10.1 Å². The molecule has 1 saturated heterocycles. The molecule has 0 bridgehead atoms. The summed E-state index contributed by atoms with van der Waals surface area (Å²) in [7, 11) is 1.75. The van der Waals surface area contributed by atoms with Gasteiger partial charge in [0.25, 0.3) is 0 Å². The van der Waals surface area contributed by atoms with Gasteiger partial charge in [0.1, 0.15) is 5.75 Å². The van der Waals surface area contributed by atoms with Gasteiger partial charge in [0.05, 0.1) is 7.11 Å². The summed E-state index contributed by atoms with van der Waals surface area (Å²) >= 11 is 3.56. The minimum Gasteiger partial charge on any atom is -0.496 e. The number of hydrogen-bond donors (Lipinski definition) is 1. The van der Waals surface area contributed by atoms with Crippen LogP contribution in [0.25, 0.3) is 0 Å². The monoisotopic (exact) mass is 340 g/mol. The third-order valence-corrected chi connectivity index (χ3v) is 4.69. The number of nitrogens with one attached hydrogen (secondary N) is 1. The number of piperazine rings is 1. The Morgan fingerprint density at radius 2 is 2.15 bits per heavy atom. The number of hydrogen-bond acceptors (Lipinski definition) is 3. The standard InChI is InChI=1S/C16H25BrN2O/c1-4-14-11-19(15(5-2)9-18-14)10-12-8-13(17)6-7-16(12)20-3/h6-8,14-15,18H,4-5,9-11H2,1-3H3.